The van der Waals surface area contributed by atoms with Crippen molar-refractivity contribution in [3.05, 3.63) is 28.0 Å². The highest BCUT2D eigenvalue weighted by molar-refractivity contribution is 7.89. The Morgan fingerprint density at radius 3 is 2.90 bits per heavy atom. The Bertz CT molecular complexity index is 562. The van der Waals surface area contributed by atoms with Gasteiger partial charge in [0, 0.05) is 29.0 Å². The molecule has 2 N–H and O–H groups in total. The number of hydrogen-bond donors (Lipinski definition) is 2. The highest BCUT2D eigenvalue weighted by Crippen LogP contribution is 2.17. The number of hydrogen-bond acceptors (Lipinski definition) is 5. The van der Waals surface area contributed by atoms with Gasteiger partial charge in [0.1, 0.15) is 0 Å². The van der Waals surface area contributed by atoms with E-state index >= 15 is 0 Å². The molecule has 0 aliphatic rings. The van der Waals surface area contributed by atoms with Gasteiger partial charge in [0.25, 0.3) is 0 Å². The Kier molecular flexibility index (Phi) is 6.86. The molecule has 0 bridgehead atoms. The van der Waals surface area contributed by atoms with Gasteiger partial charge in [0.05, 0.1) is 12.4 Å². The average molecular weight is 319 g/mol. The molecule has 20 heavy (non-hydrogen) atoms. The number of sulfonamides is 1. The molecular formula is C12H17NO5S2. The first-order valence-electron chi connectivity index (χ1n) is 5.98. The second-order valence-corrected chi connectivity index (χ2v) is 6.94. The van der Waals surface area contributed by atoms with Crippen LogP contribution < -0.4 is 4.72 Å². The van der Waals surface area contributed by atoms with Gasteiger partial charge < -0.3 is 9.84 Å². The predicted molar refractivity (Wildman–Crippen MR) is 78.1 cm³/mol. The molecule has 1 aromatic rings. The smallest absolute Gasteiger partial charge is 0.328 e. The molecule has 0 radical (unpaired) electrons. The van der Waals surface area contributed by atoms with Crippen LogP contribution >= 0.6 is 11.3 Å². The first-order valence-corrected chi connectivity index (χ1v) is 8.44. The fraction of sp³-hybridized carbons (Fsp3) is 0.417. The van der Waals surface area contributed by atoms with Crippen LogP contribution in [0.1, 0.15) is 16.7 Å². The van der Waals surface area contributed by atoms with Crippen LogP contribution in [0.3, 0.4) is 0 Å². The number of nitrogens with one attached hydrogen (secondary N) is 1. The largest absolute Gasteiger partial charge is 0.478 e. The standard InChI is InChI=1S/C12H17NO5S2/c1-2-18-7-8-20(16,17)13-9-11-4-3-10(19-11)5-6-12(14)15/h3-6,13H,2,7-9H2,1H3,(H,14,15). The SMILES string of the molecule is CCOCCS(=O)(=O)NCc1ccc(C=CC(=O)O)s1. The van der Waals surface area contributed by atoms with Crippen molar-refractivity contribution < 1.29 is 23.1 Å². The van der Waals surface area contributed by atoms with Gasteiger partial charge in [0.15, 0.2) is 0 Å². The summed E-state index contributed by atoms with van der Waals surface area (Å²) in [6.45, 7) is 2.65. The lowest BCUT2D eigenvalue weighted by Gasteiger charge is -2.05. The first-order chi connectivity index (χ1) is 9.43. The van der Waals surface area contributed by atoms with Crippen molar-refractivity contribution in [1.29, 1.82) is 0 Å². The van der Waals surface area contributed by atoms with Crippen LogP contribution in [0.15, 0.2) is 18.2 Å². The number of carbonyl (C=O) groups is 1. The van der Waals surface area contributed by atoms with E-state index in [4.69, 9.17) is 9.84 Å². The van der Waals surface area contributed by atoms with Crippen molar-refractivity contribution in [1.82, 2.24) is 4.72 Å². The van der Waals surface area contributed by atoms with Crippen LogP contribution in [-0.2, 0) is 26.1 Å². The minimum absolute atomic E-state index is 0.0714. The number of thiophene rings is 1. The molecule has 112 valence electrons. The lowest BCUT2D eigenvalue weighted by Crippen LogP contribution is -2.27. The molecular weight excluding hydrogens is 302 g/mol. The van der Waals surface area contributed by atoms with E-state index in [1.54, 1.807) is 19.1 Å². The maximum absolute atomic E-state index is 11.6. The maximum Gasteiger partial charge on any atom is 0.328 e. The normalized spacial score (nSPS) is 12.1. The van der Waals surface area contributed by atoms with Crippen molar-refractivity contribution in [2.45, 2.75) is 13.5 Å². The molecule has 1 aromatic heterocycles. The van der Waals surface area contributed by atoms with E-state index in [1.807, 2.05) is 0 Å². The summed E-state index contributed by atoms with van der Waals surface area (Å²) in [4.78, 5) is 12.0. The van der Waals surface area contributed by atoms with Gasteiger partial charge in [-0.3, -0.25) is 0 Å². The Morgan fingerprint density at radius 1 is 1.50 bits per heavy atom. The third-order valence-electron chi connectivity index (χ3n) is 2.24. The lowest BCUT2D eigenvalue weighted by atomic mass is 10.4. The Morgan fingerprint density at radius 2 is 2.25 bits per heavy atom. The average Bonchev–Trinajstić information content (AvgIpc) is 2.82. The van der Waals surface area contributed by atoms with Gasteiger partial charge in [-0.1, -0.05) is 0 Å². The van der Waals surface area contributed by atoms with Crippen molar-refractivity contribution in [2.24, 2.45) is 0 Å². The minimum Gasteiger partial charge on any atom is -0.478 e. The van der Waals surface area contributed by atoms with Crippen LogP contribution in [0.2, 0.25) is 0 Å². The third kappa shape index (κ3) is 6.80. The van der Waals surface area contributed by atoms with Crippen LogP contribution in [0.25, 0.3) is 6.08 Å². The van der Waals surface area contributed by atoms with E-state index < -0.39 is 16.0 Å². The molecule has 0 unspecified atom stereocenters. The van der Waals surface area contributed by atoms with Crippen LogP contribution in [0, 0.1) is 0 Å². The number of rotatable bonds is 9. The van der Waals surface area contributed by atoms with E-state index in [2.05, 4.69) is 4.72 Å². The minimum atomic E-state index is -3.35. The van der Waals surface area contributed by atoms with Gasteiger partial charge in [-0.25, -0.2) is 17.9 Å². The Hall–Kier alpha value is -1.22. The molecule has 8 heteroatoms. The molecule has 1 heterocycles. The summed E-state index contributed by atoms with van der Waals surface area (Å²) in [5.74, 6) is -1.09. The number of aliphatic carboxylic acids is 1. The van der Waals surface area contributed by atoms with Gasteiger partial charge in [-0.2, -0.15) is 0 Å². The van der Waals surface area contributed by atoms with Gasteiger partial charge in [-0.05, 0) is 25.1 Å². The summed E-state index contributed by atoms with van der Waals surface area (Å²) in [6, 6.07) is 3.51. The summed E-state index contributed by atoms with van der Waals surface area (Å²) < 4.78 is 30.7. The summed E-state index contributed by atoms with van der Waals surface area (Å²) in [5.41, 5.74) is 0. The molecule has 0 spiro atoms. The molecule has 0 aromatic carbocycles. The number of carboxylic acid groups (broad SMARTS) is 1. The van der Waals surface area contributed by atoms with Crippen molar-refractivity contribution in [3.8, 4) is 0 Å². The molecule has 0 saturated carbocycles. The quantitative estimate of drug-likeness (QED) is 0.529. The van der Waals surface area contributed by atoms with Crippen molar-refractivity contribution >= 4 is 33.4 Å². The lowest BCUT2D eigenvalue weighted by molar-refractivity contribution is -0.131. The molecule has 6 nitrogen and oxygen atoms in total. The maximum atomic E-state index is 11.6. The fourth-order valence-electron chi connectivity index (χ4n) is 1.30. The number of carboxylic acids is 1. The molecule has 0 aliphatic carbocycles. The van der Waals surface area contributed by atoms with E-state index in [9.17, 15) is 13.2 Å². The topological polar surface area (TPSA) is 92.7 Å². The van der Waals surface area contributed by atoms with E-state index in [0.717, 1.165) is 15.8 Å². The third-order valence-corrected chi connectivity index (χ3v) is 4.58. The van der Waals surface area contributed by atoms with Crippen LogP contribution in [0.4, 0.5) is 0 Å². The fourth-order valence-corrected chi connectivity index (χ4v) is 3.10. The predicted octanol–water partition coefficient (Wildman–Crippen LogP) is 1.30. The zero-order valence-electron chi connectivity index (χ0n) is 11.0. The summed E-state index contributed by atoms with van der Waals surface area (Å²) in [6.07, 6.45) is 2.52. The van der Waals surface area contributed by atoms with E-state index in [1.165, 1.54) is 17.4 Å². The second-order valence-electron chi connectivity index (χ2n) is 3.81. The van der Waals surface area contributed by atoms with Crippen molar-refractivity contribution in [3.63, 3.8) is 0 Å². The van der Waals surface area contributed by atoms with Gasteiger partial charge in [0.2, 0.25) is 10.0 Å². The van der Waals surface area contributed by atoms with Crippen molar-refractivity contribution in [2.75, 3.05) is 19.0 Å². The van der Waals surface area contributed by atoms with Gasteiger partial charge >= 0.3 is 5.97 Å². The molecule has 1 rings (SSSR count). The van der Waals surface area contributed by atoms with E-state index in [0.29, 0.717) is 6.61 Å². The summed E-state index contributed by atoms with van der Waals surface area (Å²) >= 11 is 1.34. The monoisotopic (exact) mass is 319 g/mol. The second kappa shape index (κ2) is 8.15. The zero-order chi connectivity index (χ0) is 15.0. The molecule has 0 fully saturated rings. The summed E-state index contributed by atoms with van der Waals surface area (Å²) in [7, 11) is -3.35. The highest BCUT2D eigenvalue weighted by atomic mass is 32.2. The highest BCUT2D eigenvalue weighted by Gasteiger charge is 2.10. The molecule has 0 atom stereocenters. The van der Waals surface area contributed by atoms with Gasteiger partial charge in [-0.15, -0.1) is 11.3 Å². The number of ether oxygens (including phenoxy) is 1. The molecule has 0 amide bonds. The van der Waals surface area contributed by atoms with Crippen LogP contribution in [0.5, 0.6) is 0 Å². The zero-order valence-corrected chi connectivity index (χ0v) is 12.7. The molecule has 0 aliphatic heterocycles. The molecule has 0 saturated heterocycles. The van der Waals surface area contributed by atoms with E-state index in [-0.39, 0.29) is 18.9 Å². The Balaban J connectivity index is 2.47. The first kappa shape index (κ1) is 16.8. The Labute approximate surface area is 122 Å². The van der Waals surface area contributed by atoms with Crippen LogP contribution in [-0.4, -0.2) is 38.5 Å². The summed E-state index contributed by atoms with van der Waals surface area (Å²) in [5, 5.41) is 8.51.